The number of carbonyl (C=O) groups excluding carboxylic acids is 1. The monoisotopic (exact) mass is 371 g/mol. The first-order valence-corrected chi connectivity index (χ1v) is 9.46. The molecule has 0 aliphatic carbocycles. The Morgan fingerprint density at radius 3 is 2.64 bits per heavy atom. The SMILES string of the molecule is Cc1ccc(-c2nc3sc4ccccc4n3c2C(O)C(=O)N(C)C)s1. The molecule has 0 radical (unpaired) electrons. The normalized spacial score (nSPS) is 12.8. The number of likely N-dealkylation sites (N-methyl/N-ethyl adjacent to an activating group) is 1. The van der Waals surface area contributed by atoms with Crippen molar-refractivity contribution in [1.29, 1.82) is 0 Å². The van der Waals surface area contributed by atoms with Crippen LogP contribution in [-0.4, -0.2) is 39.4 Å². The number of hydrogen-bond donors (Lipinski definition) is 1. The number of benzene rings is 1. The van der Waals surface area contributed by atoms with Crippen LogP contribution in [0.15, 0.2) is 36.4 Å². The Morgan fingerprint density at radius 1 is 1.20 bits per heavy atom. The van der Waals surface area contributed by atoms with Gasteiger partial charge in [0, 0.05) is 19.0 Å². The first-order chi connectivity index (χ1) is 12.0. The zero-order chi connectivity index (χ0) is 17.7. The van der Waals surface area contributed by atoms with Gasteiger partial charge in [-0.1, -0.05) is 23.5 Å². The van der Waals surface area contributed by atoms with Crippen LogP contribution >= 0.6 is 22.7 Å². The number of aromatic nitrogens is 2. The average Bonchev–Trinajstić information content (AvgIpc) is 3.25. The summed E-state index contributed by atoms with van der Waals surface area (Å²) in [5.41, 5.74) is 2.17. The second-order valence-corrected chi connectivity index (χ2v) is 8.38. The van der Waals surface area contributed by atoms with Gasteiger partial charge in [0.05, 0.1) is 20.8 Å². The molecule has 0 bridgehead atoms. The predicted molar refractivity (Wildman–Crippen MR) is 102 cm³/mol. The Bertz CT molecular complexity index is 1090. The van der Waals surface area contributed by atoms with Crippen molar-refractivity contribution in [2.24, 2.45) is 0 Å². The largest absolute Gasteiger partial charge is 0.377 e. The molecule has 1 aromatic carbocycles. The molecule has 3 heterocycles. The number of para-hydroxylation sites is 1. The van der Waals surface area contributed by atoms with Crippen molar-refractivity contribution in [3.8, 4) is 10.6 Å². The molecule has 4 rings (SSSR count). The van der Waals surface area contributed by atoms with Crippen molar-refractivity contribution in [3.63, 3.8) is 0 Å². The summed E-state index contributed by atoms with van der Waals surface area (Å²) in [4.78, 5) is 21.5. The molecule has 4 aromatic rings. The van der Waals surface area contributed by atoms with Gasteiger partial charge in [-0.15, -0.1) is 11.3 Å². The van der Waals surface area contributed by atoms with E-state index in [0.29, 0.717) is 11.4 Å². The highest BCUT2D eigenvalue weighted by atomic mass is 32.1. The highest BCUT2D eigenvalue weighted by molar-refractivity contribution is 7.23. The Morgan fingerprint density at radius 2 is 1.96 bits per heavy atom. The van der Waals surface area contributed by atoms with E-state index in [1.807, 2.05) is 47.7 Å². The maximum absolute atomic E-state index is 12.5. The topological polar surface area (TPSA) is 57.8 Å². The minimum absolute atomic E-state index is 0.355. The van der Waals surface area contributed by atoms with Crippen LogP contribution in [-0.2, 0) is 4.79 Å². The molecule has 0 aliphatic rings. The summed E-state index contributed by atoms with van der Waals surface area (Å²) in [7, 11) is 3.29. The minimum Gasteiger partial charge on any atom is -0.377 e. The van der Waals surface area contributed by atoms with Gasteiger partial charge in [0.25, 0.3) is 5.91 Å². The third-order valence-corrected chi connectivity index (χ3v) is 6.13. The number of amides is 1. The summed E-state index contributed by atoms with van der Waals surface area (Å²) in [6.45, 7) is 2.03. The van der Waals surface area contributed by atoms with E-state index < -0.39 is 6.10 Å². The van der Waals surface area contributed by atoms with E-state index in [9.17, 15) is 9.90 Å². The Kier molecular flexibility index (Phi) is 3.87. The van der Waals surface area contributed by atoms with Crippen molar-refractivity contribution in [1.82, 2.24) is 14.3 Å². The fourth-order valence-electron chi connectivity index (χ4n) is 2.90. The van der Waals surface area contributed by atoms with Crippen LogP contribution in [0, 0.1) is 6.92 Å². The summed E-state index contributed by atoms with van der Waals surface area (Å²) in [5.74, 6) is -0.355. The van der Waals surface area contributed by atoms with Crippen LogP contribution in [0.25, 0.3) is 25.7 Å². The van der Waals surface area contributed by atoms with Crippen LogP contribution in [0.2, 0.25) is 0 Å². The zero-order valence-corrected chi connectivity index (χ0v) is 15.7. The lowest BCUT2D eigenvalue weighted by molar-refractivity contribution is -0.138. The van der Waals surface area contributed by atoms with Crippen molar-refractivity contribution in [3.05, 3.63) is 47.0 Å². The van der Waals surface area contributed by atoms with Crippen LogP contribution in [0.3, 0.4) is 0 Å². The summed E-state index contributed by atoms with van der Waals surface area (Å²) >= 11 is 3.17. The lowest BCUT2D eigenvalue weighted by Crippen LogP contribution is -2.29. The molecule has 1 amide bonds. The molecule has 0 saturated carbocycles. The highest BCUT2D eigenvalue weighted by Crippen LogP contribution is 2.38. The van der Waals surface area contributed by atoms with Crippen molar-refractivity contribution in [2.75, 3.05) is 14.1 Å². The standard InChI is InChI=1S/C18H17N3O2S2/c1-10-8-9-13(24-10)14-15(16(22)17(23)20(2)3)21-11-6-4-5-7-12(11)25-18(21)19-14/h4-9,16,22H,1-3H3. The van der Waals surface area contributed by atoms with Gasteiger partial charge in [0.15, 0.2) is 11.1 Å². The van der Waals surface area contributed by atoms with E-state index in [1.54, 1.807) is 36.8 Å². The quantitative estimate of drug-likeness (QED) is 0.597. The minimum atomic E-state index is -1.26. The number of nitrogens with zero attached hydrogens (tertiary/aromatic N) is 3. The summed E-state index contributed by atoms with van der Waals surface area (Å²) in [5, 5.41) is 10.8. The van der Waals surface area contributed by atoms with Crippen LogP contribution in [0.1, 0.15) is 16.7 Å². The molecule has 128 valence electrons. The number of aliphatic hydroxyl groups excluding tert-OH is 1. The van der Waals surface area contributed by atoms with Gasteiger partial charge in [-0.25, -0.2) is 4.98 Å². The smallest absolute Gasteiger partial charge is 0.257 e. The van der Waals surface area contributed by atoms with Crippen LogP contribution in [0.4, 0.5) is 0 Å². The number of aliphatic hydroxyl groups is 1. The molecule has 3 aromatic heterocycles. The van der Waals surface area contributed by atoms with E-state index in [4.69, 9.17) is 4.98 Å². The maximum Gasteiger partial charge on any atom is 0.257 e. The van der Waals surface area contributed by atoms with Gasteiger partial charge in [0.2, 0.25) is 0 Å². The number of rotatable bonds is 3. The van der Waals surface area contributed by atoms with E-state index in [-0.39, 0.29) is 5.91 Å². The molecule has 0 saturated heterocycles. The van der Waals surface area contributed by atoms with Crippen LogP contribution in [0.5, 0.6) is 0 Å². The first-order valence-electron chi connectivity index (χ1n) is 7.83. The van der Waals surface area contributed by atoms with Crippen molar-refractivity contribution >= 4 is 43.8 Å². The third kappa shape index (κ3) is 2.55. The molecule has 0 spiro atoms. The van der Waals surface area contributed by atoms with E-state index >= 15 is 0 Å². The predicted octanol–water partition coefficient (Wildman–Crippen LogP) is 3.71. The second-order valence-electron chi connectivity index (χ2n) is 6.08. The number of carbonyl (C=O) groups is 1. The van der Waals surface area contributed by atoms with Crippen molar-refractivity contribution in [2.45, 2.75) is 13.0 Å². The van der Waals surface area contributed by atoms with Crippen molar-refractivity contribution < 1.29 is 9.90 Å². The van der Waals surface area contributed by atoms with E-state index in [0.717, 1.165) is 24.9 Å². The summed E-state index contributed by atoms with van der Waals surface area (Å²) in [6.07, 6.45) is -1.26. The average molecular weight is 371 g/mol. The van der Waals surface area contributed by atoms with Crippen LogP contribution < -0.4 is 0 Å². The summed E-state index contributed by atoms with van der Waals surface area (Å²) in [6, 6.07) is 11.9. The third-order valence-electron chi connectivity index (χ3n) is 4.10. The first kappa shape index (κ1) is 16.3. The van der Waals surface area contributed by atoms with Gasteiger partial charge in [-0.05, 0) is 31.2 Å². The fraction of sp³-hybridized carbons (Fsp3) is 0.222. The van der Waals surface area contributed by atoms with Gasteiger partial charge >= 0.3 is 0 Å². The Hall–Kier alpha value is -2.22. The maximum atomic E-state index is 12.5. The fourth-order valence-corrected chi connectivity index (χ4v) is 4.79. The molecule has 1 N–H and O–H groups in total. The lowest BCUT2D eigenvalue weighted by atomic mass is 10.1. The zero-order valence-electron chi connectivity index (χ0n) is 14.1. The van der Waals surface area contributed by atoms with Gasteiger partial charge in [-0.3, -0.25) is 9.20 Å². The molecule has 5 nitrogen and oxygen atoms in total. The number of thiazole rings is 1. The molecular weight excluding hydrogens is 354 g/mol. The Balaban J connectivity index is 2.04. The lowest BCUT2D eigenvalue weighted by Gasteiger charge is -2.16. The molecule has 25 heavy (non-hydrogen) atoms. The molecule has 0 aliphatic heterocycles. The number of hydrogen-bond acceptors (Lipinski definition) is 5. The molecule has 1 atom stereocenters. The van der Waals surface area contributed by atoms with Gasteiger partial charge in [-0.2, -0.15) is 0 Å². The Labute approximate surface area is 152 Å². The van der Waals surface area contributed by atoms with Gasteiger partial charge in [0.1, 0.15) is 5.69 Å². The number of thiophene rings is 1. The number of fused-ring (bicyclic) bond motifs is 3. The molecule has 7 heteroatoms. The van der Waals surface area contributed by atoms with E-state index in [1.165, 1.54) is 4.90 Å². The molecule has 1 unspecified atom stereocenters. The van der Waals surface area contributed by atoms with E-state index in [2.05, 4.69) is 0 Å². The second kappa shape index (κ2) is 5.94. The highest BCUT2D eigenvalue weighted by Gasteiger charge is 2.29. The van der Waals surface area contributed by atoms with Gasteiger partial charge < -0.3 is 10.0 Å². The molecule has 0 fully saturated rings. The summed E-state index contributed by atoms with van der Waals surface area (Å²) < 4.78 is 2.99. The number of imidazole rings is 1. The molecular formula is C18H17N3O2S2. The number of aryl methyl sites for hydroxylation is 1.